The first kappa shape index (κ1) is 12.9. The standard InChI is InChI=1S/C10H18N2O4/c1-10(2,3)16-9(14)15-8(13)7-6-11-4-5-12-7/h7,11-12H,4-6H2,1-3H3/t7-/m1/s1. The van der Waals surface area contributed by atoms with Gasteiger partial charge in [0, 0.05) is 19.6 Å². The molecule has 0 aromatic carbocycles. The van der Waals surface area contributed by atoms with Crippen molar-refractivity contribution in [1.82, 2.24) is 10.6 Å². The van der Waals surface area contributed by atoms with Crippen molar-refractivity contribution < 1.29 is 19.1 Å². The van der Waals surface area contributed by atoms with Crippen LogP contribution in [0.5, 0.6) is 0 Å². The van der Waals surface area contributed by atoms with Gasteiger partial charge >= 0.3 is 12.1 Å². The van der Waals surface area contributed by atoms with Crippen molar-refractivity contribution in [2.45, 2.75) is 32.4 Å². The Hall–Kier alpha value is -1.14. The average molecular weight is 230 g/mol. The number of carbonyl (C=O) groups excluding carboxylic acids is 2. The smallest absolute Gasteiger partial charge is 0.428 e. The van der Waals surface area contributed by atoms with E-state index in [2.05, 4.69) is 15.4 Å². The summed E-state index contributed by atoms with van der Waals surface area (Å²) in [5.41, 5.74) is -0.657. The summed E-state index contributed by atoms with van der Waals surface area (Å²) < 4.78 is 9.43. The molecule has 0 radical (unpaired) electrons. The molecule has 1 atom stereocenters. The van der Waals surface area contributed by atoms with E-state index in [1.165, 1.54) is 0 Å². The fourth-order valence-electron chi connectivity index (χ4n) is 1.24. The highest BCUT2D eigenvalue weighted by Crippen LogP contribution is 2.08. The van der Waals surface area contributed by atoms with E-state index in [1.807, 2.05) is 0 Å². The molecular weight excluding hydrogens is 212 g/mol. The van der Waals surface area contributed by atoms with Gasteiger partial charge in [0.15, 0.2) is 0 Å². The summed E-state index contributed by atoms with van der Waals surface area (Å²) in [7, 11) is 0. The largest absolute Gasteiger partial charge is 0.516 e. The Bertz CT molecular complexity index is 266. The lowest BCUT2D eigenvalue weighted by molar-refractivity contribution is -0.144. The predicted octanol–water partition coefficient (Wildman–Crippen LogP) is 0.0261. The van der Waals surface area contributed by atoms with E-state index in [9.17, 15) is 9.59 Å². The third kappa shape index (κ3) is 4.59. The van der Waals surface area contributed by atoms with Crippen LogP contribution in [0.15, 0.2) is 0 Å². The fourth-order valence-corrected chi connectivity index (χ4v) is 1.24. The van der Waals surface area contributed by atoms with Crippen molar-refractivity contribution in [1.29, 1.82) is 0 Å². The Labute approximate surface area is 94.7 Å². The molecule has 6 heteroatoms. The molecule has 2 N–H and O–H groups in total. The van der Waals surface area contributed by atoms with Gasteiger partial charge in [-0.2, -0.15) is 0 Å². The van der Waals surface area contributed by atoms with E-state index in [0.717, 1.165) is 6.54 Å². The zero-order valence-corrected chi connectivity index (χ0v) is 9.83. The maximum atomic E-state index is 11.5. The van der Waals surface area contributed by atoms with Crippen LogP contribution in [0.4, 0.5) is 4.79 Å². The summed E-state index contributed by atoms with van der Waals surface area (Å²) >= 11 is 0. The first-order valence-corrected chi connectivity index (χ1v) is 5.27. The molecule has 1 aliphatic rings. The Morgan fingerprint density at radius 3 is 2.44 bits per heavy atom. The summed E-state index contributed by atoms with van der Waals surface area (Å²) in [6.07, 6.45) is -0.954. The minimum absolute atomic E-state index is 0.460. The van der Waals surface area contributed by atoms with E-state index in [-0.39, 0.29) is 0 Å². The van der Waals surface area contributed by atoms with Gasteiger partial charge in [0.05, 0.1) is 0 Å². The Morgan fingerprint density at radius 2 is 1.94 bits per heavy atom. The first-order chi connectivity index (χ1) is 7.38. The van der Waals surface area contributed by atoms with Crippen LogP contribution in [-0.4, -0.2) is 43.4 Å². The quantitative estimate of drug-likeness (QED) is 0.489. The zero-order valence-electron chi connectivity index (χ0n) is 9.83. The lowest BCUT2D eigenvalue weighted by Crippen LogP contribution is -2.53. The summed E-state index contributed by atoms with van der Waals surface area (Å²) in [5.74, 6) is -0.610. The normalized spacial score (nSPS) is 21.3. The number of hydrogen-bond acceptors (Lipinski definition) is 6. The molecule has 16 heavy (non-hydrogen) atoms. The topological polar surface area (TPSA) is 76.7 Å². The molecule has 1 saturated heterocycles. The van der Waals surface area contributed by atoms with Crippen molar-refractivity contribution in [3.8, 4) is 0 Å². The molecule has 1 rings (SSSR count). The monoisotopic (exact) mass is 230 g/mol. The van der Waals surface area contributed by atoms with Crippen LogP contribution in [0.3, 0.4) is 0 Å². The highest BCUT2D eigenvalue weighted by molar-refractivity contribution is 5.85. The van der Waals surface area contributed by atoms with Crippen molar-refractivity contribution >= 4 is 12.1 Å². The second-order valence-electron chi connectivity index (χ2n) is 4.60. The van der Waals surface area contributed by atoms with Crippen molar-refractivity contribution in [2.24, 2.45) is 0 Å². The van der Waals surface area contributed by atoms with Crippen LogP contribution in [0.1, 0.15) is 20.8 Å². The molecule has 1 heterocycles. The van der Waals surface area contributed by atoms with Gasteiger partial charge < -0.3 is 20.1 Å². The van der Waals surface area contributed by atoms with Gasteiger partial charge in [-0.15, -0.1) is 0 Å². The van der Waals surface area contributed by atoms with Gasteiger partial charge in [0.25, 0.3) is 0 Å². The molecule has 1 fully saturated rings. The molecule has 6 nitrogen and oxygen atoms in total. The van der Waals surface area contributed by atoms with Gasteiger partial charge in [0.2, 0.25) is 0 Å². The lowest BCUT2D eigenvalue weighted by Gasteiger charge is -2.23. The molecule has 1 aliphatic heterocycles. The molecule has 92 valence electrons. The summed E-state index contributed by atoms with van der Waals surface area (Å²) in [5, 5.41) is 5.96. The van der Waals surface area contributed by atoms with Gasteiger partial charge in [-0.05, 0) is 20.8 Å². The lowest BCUT2D eigenvalue weighted by atomic mass is 10.2. The minimum Gasteiger partial charge on any atom is -0.428 e. The van der Waals surface area contributed by atoms with E-state index >= 15 is 0 Å². The molecule has 0 aromatic rings. The van der Waals surface area contributed by atoms with Crippen molar-refractivity contribution in [3.05, 3.63) is 0 Å². The maximum absolute atomic E-state index is 11.5. The minimum atomic E-state index is -0.954. The number of rotatable bonds is 1. The Kier molecular flexibility index (Phi) is 4.26. The molecule has 0 bridgehead atoms. The number of esters is 1. The molecular formula is C10H18N2O4. The molecule has 0 aliphatic carbocycles. The van der Waals surface area contributed by atoms with Crippen molar-refractivity contribution in [3.63, 3.8) is 0 Å². The first-order valence-electron chi connectivity index (χ1n) is 5.27. The highest BCUT2D eigenvalue weighted by atomic mass is 16.7. The number of piperazine rings is 1. The second-order valence-corrected chi connectivity index (χ2v) is 4.60. The van der Waals surface area contributed by atoms with Gasteiger partial charge in [-0.25, -0.2) is 9.59 Å². The van der Waals surface area contributed by atoms with Crippen LogP contribution in [0.2, 0.25) is 0 Å². The number of carbonyl (C=O) groups is 2. The van der Waals surface area contributed by atoms with E-state index in [4.69, 9.17) is 4.74 Å². The molecule has 0 amide bonds. The van der Waals surface area contributed by atoms with E-state index < -0.39 is 23.8 Å². The zero-order chi connectivity index (χ0) is 12.2. The number of nitrogens with one attached hydrogen (secondary N) is 2. The van der Waals surface area contributed by atoms with Crippen LogP contribution in [-0.2, 0) is 14.3 Å². The third-order valence-corrected chi connectivity index (χ3v) is 1.90. The summed E-state index contributed by atoms with van der Waals surface area (Å²) in [6, 6.07) is -0.485. The fraction of sp³-hybridized carbons (Fsp3) is 0.800. The predicted molar refractivity (Wildman–Crippen MR) is 57.0 cm³/mol. The van der Waals surface area contributed by atoms with Gasteiger partial charge in [-0.1, -0.05) is 0 Å². The number of hydrogen-bond donors (Lipinski definition) is 2. The Balaban J connectivity index is 2.35. The maximum Gasteiger partial charge on any atom is 0.516 e. The van der Waals surface area contributed by atoms with E-state index in [1.54, 1.807) is 20.8 Å². The van der Waals surface area contributed by atoms with Gasteiger partial charge in [0.1, 0.15) is 11.6 Å². The van der Waals surface area contributed by atoms with Crippen LogP contribution in [0, 0.1) is 0 Å². The average Bonchev–Trinajstić information content (AvgIpc) is 2.16. The highest BCUT2D eigenvalue weighted by Gasteiger charge is 2.26. The van der Waals surface area contributed by atoms with Crippen molar-refractivity contribution in [2.75, 3.05) is 19.6 Å². The van der Waals surface area contributed by atoms with Crippen LogP contribution >= 0.6 is 0 Å². The van der Waals surface area contributed by atoms with Gasteiger partial charge in [-0.3, -0.25) is 0 Å². The Morgan fingerprint density at radius 1 is 1.25 bits per heavy atom. The van der Waals surface area contributed by atoms with Crippen LogP contribution < -0.4 is 10.6 Å². The number of ether oxygens (including phenoxy) is 2. The molecule has 0 aromatic heterocycles. The van der Waals surface area contributed by atoms with E-state index in [0.29, 0.717) is 13.1 Å². The SMILES string of the molecule is CC(C)(C)OC(=O)OC(=O)[C@H]1CNCCN1. The second kappa shape index (κ2) is 5.27. The summed E-state index contributed by atoms with van der Waals surface area (Å²) in [4.78, 5) is 22.7. The molecule has 0 saturated carbocycles. The third-order valence-electron chi connectivity index (χ3n) is 1.90. The van der Waals surface area contributed by atoms with Crippen LogP contribution in [0.25, 0.3) is 0 Å². The molecule has 0 spiro atoms. The molecule has 0 unspecified atom stereocenters. The summed E-state index contributed by atoms with van der Waals surface area (Å²) in [6.45, 7) is 7.06.